The largest absolute Gasteiger partial charge is 0.493 e. The normalized spacial score (nSPS) is 13.4. The van der Waals surface area contributed by atoms with Crippen LogP contribution in [0.25, 0.3) is 44.2 Å². The third-order valence-electron chi connectivity index (χ3n) is 5.53. The number of aryl methyl sites for hydroxylation is 1. The third-order valence-corrected chi connectivity index (χ3v) is 5.53. The molecule has 0 aliphatic carbocycles. The Hall–Kier alpha value is -3.94. The lowest BCUT2D eigenvalue weighted by Gasteiger charge is -2.21. The van der Waals surface area contributed by atoms with Crippen molar-refractivity contribution in [1.29, 1.82) is 0 Å². The Morgan fingerprint density at radius 1 is 1.10 bits per heavy atom. The van der Waals surface area contributed by atoms with Crippen LogP contribution in [0.5, 0.6) is 17.2 Å². The Labute approximate surface area is 169 Å². The van der Waals surface area contributed by atoms with Crippen molar-refractivity contribution in [3.63, 3.8) is 0 Å². The number of pyridine rings is 1. The van der Waals surface area contributed by atoms with Crippen molar-refractivity contribution in [1.82, 2.24) is 15.2 Å². The van der Waals surface area contributed by atoms with Crippen LogP contribution in [0, 0.1) is 6.92 Å². The lowest BCUT2D eigenvalue weighted by Crippen LogP contribution is -2.16. The molecule has 4 heterocycles. The Bertz CT molecular complexity index is 1510. The van der Waals surface area contributed by atoms with Crippen LogP contribution in [0.1, 0.15) is 5.56 Å². The van der Waals surface area contributed by atoms with E-state index < -0.39 is 0 Å². The minimum Gasteiger partial charge on any atom is -0.493 e. The van der Waals surface area contributed by atoms with Gasteiger partial charge in [0.1, 0.15) is 24.3 Å². The van der Waals surface area contributed by atoms with E-state index >= 15 is 0 Å². The highest BCUT2D eigenvalue weighted by Crippen LogP contribution is 2.46. The molecule has 0 unspecified atom stereocenters. The number of aromatic nitrogens is 3. The van der Waals surface area contributed by atoms with Crippen LogP contribution < -0.4 is 19.6 Å². The zero-order valence-electron chi connectivity index (χ0n) is 16.3. The molecular weight excluding hydrogens is 386 g/mol. The molecule has 150 valence electrons. The molecule has 30 heavy (non-hydrogen) atoms. The molecule has 1 aliphatic heterocycles. The number of hydrogen-bond donors (Lipinski definition) is 2. The summed E-state index contributed by atoms with van der Waals surface area (Å²) in [5.74, 6) is 1.78. The molecule has 0 fully saturated rings. The molecule has 3 aromatic heterocycles. The molecule has 8 nitrogen and oxygen atoms in total. The van der Waals surface area contributed by atoms with Gasteiger partial charge in [-0.05, 0) is 36.8 Å². The van der Waals surface area contributed by atoms with Gasteiger partial charge in [0, 0.05) is 28.1 Å². The summed E-state index contributed by atoms with van der Waals surface area (Å²) in [5, 5.41) is 7.72. The van der Waals surface area contributed by atoms with Crippen LogP contribution in [-0.2, 0) is 0 Å². The summed E-state index contributed by atoms with van der Waals surface area (Å²) in [7, 11) is 1.60. The third kappa shape index (κ3) is 2.21. The van der Waals surface area contributed by atoms with Gasteiger partial charge in [0.15, 0.2) is 28.2 Å². The minimum atomic E-state index is -0.0667. The van der Waals surface area contributed by atoms with Gasteiger partial charge >= 0.3 is 0 Å². The van der Waals surface area contributed by atoms with E-state index in [0.717, 1.165) is 21.9 Å². The second-order valence-electron chi connectivity index (χ2n) is 7.21. The minimum absolute atomic E-state index is 0.0667. The van der Waals surface area contributed by atoms with E-state index in [9.17, 15) is 4.79 Å². The smallest absolute Gasteiger partial charge is 0.203 e. The molecule has 0 amide bonds. The Kier molecular flexibility index (Phi) is 3.41. The van der Waals surface area contributed by atoms with Gasteiger partial charge in [-0.25, -0.2) is 4.98 Å². The monoisotopic (exact) mass is 403 g/mol. The van der Waals surface area contributed by atoms with E-state index in [4.69, 9.17) is 23.6 Å². The standard InChI is InChI=1S/C22H17N3O5/c1-10-14(26)4-3-12-18-21(30-19(10)12)17(13-9-23-25-22(13)24-18)11-7-15(27-2)20-16(8-11)28-5-6-29-20/h3-4,7-9H,5-6H2,1-2H3,(H2,23,24,25). The van der Waals surface area contributed by atoms with Crippen molar-refractivity contribution in [2.24, 2.45) is 0 Å². The van der Waals surface area contributed by atoms with Crippen LogP contribution >= 0.6 is 0 Å². The maximum absolute atomic E-state index is 12.2. The first-order valence-corrected chi connectivity index (χ1v) is 9.55. The van der Waals surface area contributed by atoms with Gasteiger partial charge in [-0.15, -0.1) is 0 Å². The molecule has 6 rings (SSSR count). The number of hydrogen-bond acceptors (Lipinski definition) is 6. The molecule has 0 atom stereocenters. The van der Waals surface area contributed by atoms with Crippen molar-refractivity contribution in [2.45, 2.75) is 6.92 Å². The number of nitrogens with zero attached hydrogens (tertiary/aromatic N) is 1. The molecule has 8 heteroatoms. The van der Waals surface area contributed by atoms with Gasteiger partial charge in [0.25, 0.3) is 0 Å². The van der Waals surface area contributed by atoms with Gasteiger partial charge in [-0.1, -0.05) is 0 Å². The van der Waals surface area contributed by atoms with Crippen molar-refractivity contribution in [3.8, 4) is 28.4 Å². The van der Waals surface area contributed by atoms with Crippen molar-refractivity contribution in [3.05, 3.63) is 46.2 Å². The molecule has 5 aromatic rings. The highest BCUT2D eigenvalue weighted by atomic mass is 16.6. The van der Waals surface area contributed by atoms with E-state index in [1.807, 2.05) is 18.3 Å². The SMILES string of the molecule is COc1cc(-c2c3c[nH][nH]c3nc3c2oc2c(C)c(=O)ccc23)cc2c1OCCO2. The van der Waals surface area contributed by atoms with Crippen molar-refractivity contribution in [2.75, 3.05) is 20.3 Å². The van der Waals surface area contributed by atoms with Crippen molar-refractivity contribution >= 4 is 33.1 Å². The summed E-state index contributed by atoms with van der Waals surface area (Å²) in [4.78, 5) is 16.9. The number of aromatic amines is 2. The maximum atomic E-state index is 12.2. The van der Waals surface area contributed by atoms with Gasteiger partial charge in [0.05, 0.1) is 7.11 Å². The summed E-state index contributed by atoms with van der Waals surface area (Å²) in [6, 6.07) is 7.12. The fourth-order valence-electron chi connectivity index (χ4n) is 4.07. The summed E-state index contributed by atoms with van der Waals surface area (Å²) >= 11 is 0. The van der Waals surface area contributed by atoms with E-state index in [-0.39, 0.29) is 5.43 Å². The average molecular weight is 403 g/mol. The van der Waals surface area contributed by atoms with Crippen LogP contribution in [0.2, 0.25) is 0 Å². The quantitative estimate of drug-likeness (QED) is 0.463. The molecule has 2 aromatic carbocycles. The van der Waals surface area contributed by atoms with Gasteiger partial charge in [-0.3, -0.25) is 9.89 Å². The lowest BCUT2D eigenvalue weighted by atomic mass is 10.0. The summed E-state index contributed by atoms with van der Waals surface area (Å²) in [6.45, 7) is 2.70. The Morgan fingerprint density at radius 2 is 1.97 bits per heavy atom. The Balaban J connectivity index is 1.76. The second kappa shape index (κ2) is 6.03. The Morgan fingerprint density at radius 3 is 2.83 bits per heavy atom. The molecular formula is C22H17N3O5. The number of benzene rings is 2. The van der Waals surface area contributed by atoms with Crippen LogP contribution in [0.3, 0.4) is 0 Å². The molecule has 0 spiro atoms. The van der Waals surface area contributed by atoms with E-state index in [1.165, 1.54) is 0 Å². The molecule has 0 radical (unpaired) electrons. The van der Waals surface area contributed by atoms with E-state index in [2.05, 4.69) is 10.2 Å². The number of fused-ring (bicyclic) bond motifs is 5. The lowest BCUT2D eigenvalue weighted by molar-refractivity contribution is 0.165. The van der Waals surface area contributed by atoms with Crippen LogP contribution in [0.15, 0.2) is 39.7 Å². The number of nitrogens with one attached hydrogen (secondary N) is 2. The predicted molar refractivity (Wildman–Crippen MR) is 112 cm³/mol. The van der Waals surface area contributed by atoms with Crippen molar-refractivity contribution < 1.29 is 18.6 Å². The summed E-state index contributed by atoms with van der Waals surface area (Å²) in [5.41, 5.74) is 4.66. The van der Waals surface area contributed by atoms with Gasteiger partial charge in [0.2, 0.25) is 5.75 Å². The number of ether oxygens (including phenoxy) is 3. The first kappa shape index (κ1) is 17.0. The highest BCUT2D eigenvalue weighted by molar-refractivity contribution is 6.14. The number of H-pyrrole nitrogens is 2. The molecule has 0 saturated heterocycles. The van der Waals surface area contributed by atoms with Gasteiger partial charge < -0.3 is 23.7 Å². The fourth-order valence-corrected chi connectivity index (χ4v) is 4.07. The maximum Gasteiger partial charge on any atom is 0.203 e. The fraction of sp³-hybridized carbons (Fsp3) is 0.182. The van der Waals surface area contributed by atoms with Gasteiger partial charge in [-0.2, -0.15) is 0 Å². The topological polar surface area (TPSA) is 102 Å². The second-order valence-corrected chi connectivity index (χ2v) is 7.21. The molecule has 1 aliphatic rings. The van der Waals surface area contributed by atoms with Crippen LogP contribution in [-0.4, -0.2) is 35.5 Å². The first-order chi connectivity index (χ1) is 14.7. The van der Waals surface area contributed by atoms with E-state index in [1.54, 1.807) is 26.2 Å². The predicted octanol–water partition coefficient (Wildman–Crippen LogP) is 3.91. The number of furan rings is 1. The average Bonchev–Trinajstić information content (AvgIpc) is 3.38. The zero-order chi connectivity index (χ0) is 20.4. The van der Waals surface area contributed by atoms with Crippen LogP contribution in [0.4, 0.5) is 0 Å². The number of methoxy groups -OCH3 is 1. The van der Waals surface area contributed by atoms with E-state index in [0.29, 0.717) is 58.4 Å². The summed E-state index contributed by atoms with van der Waals surface area (Å²) < 4.78 is 23.4. The summed E-state index contributed by atoms with van der Waals surface area (Å²) in [6.07, 6.45) is 1.83. The number of rotatable bonds is 2. The molecule has 0 saturated carbocycles. The first-order valence-electron chi connectivity index (χ1n) is 9.55. The zero-order valence-corrected chi connectivity index (χ0v) is 16.3. The molecule has 2 N–H and O–H groups in total. The highest BCUT2D eigenvalue weighted by Gasteiger charge is 2.24. The molecule has 0 bridgehead atoms.